The minimum atomic E-state index is -0.886. The van der Waals surface area contributed by atoms with Crippen LogP contribution in [0.5, 0.6) is 0 Å². The normalized spacial score (nSPS) is 10.6. The number of carboxylic acids is 1. The lowest BCUT2D eigenvalue weighted by molar-refractivity contribution is 0.0689. The van der Waals surface area contributed by atoms with Gasteiger partial charge in [0.15, 0.2) is 0 Å². The number of carboxylic acid groups (broad SMARTS) is 1. The van der Waals surface area contributed by atoms with Gasteiger partial charge in [0.25, 0.3) is 0 Å². The summed E-state index contributed by atoms with van der Waals surface area (Å²) in [7, 11) is 1.84. The molecule has 0 saturated heterocycles. The summed E-state index contributed by atoms with van der Waals surface area (Å²) in [6, 6.07) is 5.58. The highest BCUT2D eigenvalue weighted by Gasteiger charge is 2.16. The van der Waals surface area contributed by atoms with Gasteiger partial charge in [-0.05, 0) is 17.9 Å². The molecule has 1 aromatic heterocycles. The second kappa shape index (κ2) is 6.16. The van der Waals surface area contributed by atoms with E-state index in [1.807, 2.05) is 38.4 Å². The summed E-state index contributed by atoms with van der Waals surface area (Å²) in [6.45, 7) is 2.01. The summed E-state index contributed by atoms with van der Waals surface area (Å²) < 4.78 is 1.70. The lowest BCUT2D eigenvalue weighted by atomic mass is 10.2. The smallest absolute Gasteiger partial charge is 0.337 e. The summed E-state index contributed by atoms with van der Waals surface area (Å²) in [4.78, 5) is 14.0. The van der Waals surface area contributed by atoms with E-state index in [4.69, 9.17) is 0 Å². The molecule has 0 saturated carbocycles. The molecule has 1 heterocycles. The Morgan fingerprint density at radius 3 is 2.74 bits per heavy atom. The van der Waals surface area contributed by atoms with Gasteiger partial charge in [0.1, 0.15) is 0 Å². The Morgan fingerprint density at radius 2 is 2.16 bits per heavy atom. The average molecular weight is 294 g/mol. The minimum Gasteiger partial charge on any atom is -0.478 e. The largest absolute Gasteiger partial charge is 0.478 e. The fraction of sp³-hybridized carbons (Fsp3) is 0.231. The second-order valence-corrected chi connectivity index (χ2v) is 6.24. The van der Waals surface area contributed by atoms with Gasteiger partial charge >= 0.3 is 5.97 Å². The van der Waals surface area contributed by atoms with E-state index in [0.717, 1.165) is 20.4 Å². The van der Waals surface area contributed by atoms with E-state index in [9.17, 15) is 9.90 Å². The van der Waals surface area contributed by atoms with Gasteiger partial charge in [-0.25, -0.2) is 4.79 Å². The van der Waals surface area contributed by atoms with Crippen molar-refractivity contribution in [3.05, 3.63) is 36.2 Å². The predicted molar refractivity (Wildman–Crippen MR) is 77.1 cm³/mol. The zero-order valence-electron chi connectivity index (χ0n) is 10.7. The van der Waals surface area contributed by atoms with Gasteiger partial charge in [0, 0.05) is 23.0 Å². The van der Waals surface area contributed by atoms with E-state index >= 15 is 0 Å². The molecule has 0 aliphatic heterocycles. The zero-order valence-corrected chi connectivity index (χ0v) is 12.3. The second-order valence-electron chi connectivity index (χ2n) is 3.82. The van der Waals surface area contributed by atoms with Crippen LogP contribution in [-0.2, 0) is 7.05 Å². The maximum absolute atomic E-state index is 11.5. The van der Waals surface area contributed by atoms with Crippen molar-refractivity contribution >= 4 is 29.5 Å². The number of carbonyl (C=O) groups is 1. The van der Waals surface area contributed by atoms with E-state index in [2.05, 4.69) is 5.10 Å². The third-order valence-corrected chi connectivity index (χ3v) is 4.36. The summed E-state index contributed by atoms with van der Waals surface area (Å²) in [5, 5.41) is 13.5. The molecule has 0 amide bonds. The molecule has 0 bridgehead atoms. The van der Waals surface area contributed by atoms with Crippen molar-refractivity contribution in [3.8, 4) is 0 Å². The minimum absolute atomic E-state index is 0.378. The van der Waals surface area contributed by atoms with Gasteiger partial charge in [0.05, 0.1) is 16.7 Å². The first-order valence-corrected chi connectivity index (χ1v) is 7.57. The SMILES string of the molecule is CCSc1cccc(Sc2cnn(C)c2)c1C(=O)O. The number of benzene rings is 1. The van der Waals surface area contributed by atoms with Crippen molar-refractivity contribution in [2.45, 2.75) is 21.6 Å². The van der Waals surface area contributed by atoms with Crippen molar-refractivity contribution in [2.24, 2.45) is 7.05 Å². The van der Waals surface area contributed by atoms with Crippen LogP contribution in [0.15, 0.2) is 45.3 Å². The fourth-order valence-corrected chi connectivity index (χ4v) is 3.56. The molecule has 19 heavy (non-hydrogen) atoms. The van der Waals surface area contributed by atoms with Gasteiger partial charge in [-0.15, -0.1) is 11.8 Å². The predicted octanol–water partition coefficient (Wildman–Crippen LogP) is 3.38. The molecule has 0 aliphatic carbocycles. The highest BCUT2D eigenvalue weighted by molar-refractivity contribution is 8.00. The van der Waals surface area contributed by atoms with E-state index < -0.39 is 5.97 Å². The molecule has 2 rings (SSSR count). The average Bonchev–Trinajstić information content (AvgIpc) is 2.75. The Balaban J connectivity index is 2.38. The van der Waals surface area contributed by atoms with Gasteiger partial charge in [-0.1, -0.05) is 24.8 Å². The molecule has 2 aromatic rings. The maximum atomic E-state index is 11.5. The lowest BCUT2D eigenvalue weighted by Crippen LogP contribution is -2.01. The highest BCUT2D eigenvalue weighted by Crippen LogP contribution is 2.35. The molecule has 0 atom stereocenters. The first-order chi connectivity index (χ1) is 9.11. The summed E-state index contributed by atoms with van der Waals surface area (Å²) in [6.07, 6.45) is 3.60. The Morgan fingerprint density at radius 1 is 1.42 bits per heavy atom. The molecule has 6 heteroatoms. The number of hydrogen-bond donors (Lipinski definition) is 1. The molecular weight excluding hydrogens is 280 g/mol. The number of aromatic carboxylic acids is 1. The van der Waals surface area contributed by atoms with Gasteiger partial charge in [-0.2, -0.15) is 5.10 Å². The quantitative estimate of drug-likeness (QED) is 0.857. The Labute approximate surface area is 120 Å². The molecule has 4 nitrogen and oxygen atoms in total. The Kier molecular flexibility index (Phi) is 4.55. The Bertz CT molecular complexity index is 596. The number of nitrogens with zero attached hydrogens (tertiary/aromatic N) is 2. The van der Waals surface area contributed by atoms with E-state index in [0.29, 0.717) is 5.56 Å². The number of thioether (sulfide) groups is 1. The van der Waals surface area contributed by atoms with Crippen molar-refractivity contribution < 1.29 is 9.90 Å². The molecule has 0 unspecified atom stereocenters. The molecule has 1 N–H and O–H groups in total. The van der Waals surface area contributed by atoms with Crippen molar-refractivity contribution in [2.75, 3.05) is 5.75 Å². The fourth-order valence-electron chi connectivity index (χ4n) is 1.66. The molecule has 0 aliphatic rings. The number of aromatic nitrogens is 2. The van der Waals surface area contributed by atoms with Crippen LogP contribution in [0.3, 0.4) is 0 Å². The van der Waals surface area contributed by atoms with Crippen molar-refractivity contribution in [1.29, 1.82) is 0 Å². The van der Waals surface area contributed by atoms with Crippen molar-refractivity contribution in [1.82, 2.24) is 9.78 Å². The molecular formula is C13H14N2O2S2. The third kappa shape index (κ3) is 3.33. The van der Waals surface area contributed by atoms with E-state index in [1.54, 1.807) is 22.6 Å². The summed E-state index contributed by atoms with van der Waals surface area (Å²) in [5.41, 5.74) is 0.378. The van der Waals surface area contributed by atoms with Crippen LogP contribution in [0.25, 0.3) is 0 Å². The Hall–Kier alpha value is -1.40. The number of aryl methyl sites for hydroxylation is 1. The number of hydrogen-bond acceptors (Lipinski definition) is 4. The van der Waals surface area contributed by atoms with Crippen LogP contribution < -0.4 is 0 Å². The molecule has 0 radical (unpaired) electrons. The first kappa shape index (κ1) is 14.0. The molecule has 0 fully saturated rings. The van der Waals surface area contributed by atoms with Gasteiger partial charge in [-0.3, -0.25) is 4.68 Å². The highest BCUT2D eigenvalue weighted by atomic mass is 32.2. The monoisotopic (exact) mass is 294 g/mol. The van der Waals surface area contributed by atoms with E-state index in [1.165, 1.54) is 11.8 Å². The molecule has 0 spiro atoms. The topological polar surface area (TPSA) is 55.1 Å². The van der Waals surface area contributed by atoms with E-state index in [-0.39, 0.29) is 0 Å². The van der Waals surface area contributed by atoms with Crippen molar-refractivity contribution in [3.63, 3.8) is 0 Å². The zero-order chi connectivity index (χ0) is 13.8. The van der Waals surface area contributed by atoms with Crippen LogP contribution in [0.4, 0.5) is 0 Å². The van der Waals surface area contributed by atoms with Crippen LogP contribution in [0, 0.1) is 0 Å². The lowest BCUT2D eigenvalue weighted by Gasteiger charge is -2.09. The molecule has 1 aromatic carbocycles. The van der Waals surface area contributed by atoms with Crippen LogP contribution >= 0.6 is 23.5 Å². The van der Waals surface area contributed by atoms with Crippen LogP contribution in [0.1, 0.15) is 17.3 Å². The van der Waals surface area contributed by atoms with Crippen LogP contribution in [0.2, 0.25) is 0 Å². The van der Waals surface area contributed by atoms with Gasteiger partial charge < -0.3 is 5.11 Å². The van der Waals surface area contributed by atoms with Crippen LogP contribution in [-0.4, -0.2) is 26.6 Å². The van der Waals surface area contributed by atoms with Gasteiger partial charge in [0.2, 0.25) is 0 Å². The third-order valence-electron chi connectivity index (χ3n) is 2.41. The standard InChI is InChI=1S/C13H14N2O2S2/c1-3-18-10-5-4-6-11(12(10)13(16)17)19-9-7-14-15(2)8-9/h4-8H,3H2,1-2H3,(H,16,17). The summed E-state index contributed by atoms with van der Waals surface area (Å²) >= 11 is 2.97. The first-order valence-electron chi connectivity index (χ1n) is 5.77. The number of rotatable bonds is 5. The maximum Gasteiger partial charge on any atom is 0.337 e. The summed E-state index contributed by atoms with van der Waals surface area (Å²) in [5.74, 6) is -0.0377. The molecule has 100 valence electrons.